The van der Waals surface area contributed by atoms with Crippen LogP contribution in [0.5, 0.6) is 0 Å². The predicted molar refractivity (Wildman–Crippen MR) is 78.9 cm³/mol. The van der Waals surface area contributed by atoms with Gasteiger partial charge in [-0.2, -0.15) is 0 Å². The maximum Gasteiger partial charge on any atom is 0.0795 e. The molecular formula is C17H24O2. The fourth-order valence-electron chi connectivity index (χ4n) is 2.34. The van der Waals surface area contributed by atoms with Crippen LogP contribution in [-0.2, 0) is 4.74 Å². The molecule has 2 nitrogen and oxygen atoms in total. The molecule has 1 aromatic rings. The monoisotopic (exact) mass is 260 g/mol. The summed E-state index contributed by atoms with van der Waals surface area (Å²) in [6.07, 6.45) is 3.62. The normalized spacial score (nSPS) is 19.9. The lowest BCUT2D eigenvalue weighted by molar-refractivity contribution is 0.122. The number of ether oxygens (including phenoxy) is 1. The summed E-state index contributed by atoms with van der Waals surface area (Å²) in [6.45, 7) is 8.04. The molecule has 0 bridgehead atoms. The minimum atomic E-state index is -0.378. The van der Waals surface area contributed by atoms with Gasteiger partial charge in [-0.15, -0.1) is 0 Å². The van der Waals surface area contributed by atoms with Crippen LogP contribution in [0, 0.1) is 5.41 Å². The molecule has 0 saturated carbocycles. The molecule has 0 spiro atoms. The largest absolute Gasteiger partial charge is 0.388 e. The lowest BCUT2D eigenvalue weighted by atomic mass is 9.87. The van der Waals surface area contributed by atoms with Crippen LogP contribution in [0.3, 0.4) is 0 Å². The van der Waals surface area contributed by atoms with E-state index in [-0.39, 0.29) is 11.5 Å². The maximum absolute atomic E-state index is 10.2. The van der Waals surface area contributed by atoms with Crippen molar-refractivity contribution < 1.29 is 9.84 Å². The molecule has 1 saturated heterocycles. The Bertz CT molecular complexity index is 429. The van der Waals surface area contributed by atoms with Gasteiger partial charge in [0.1, 0.15) is 0 Å². The van der Waals surface area contributed by atoms with Gasteiger partial charge in [0.05, 0.1) is 19.3 Å². The number of aliphatic hydroxyl groups is 1. The van der Waals surface area contributed by atoms with Crippen LogP contribution < -0.4 is 0 Å². The summed E-state index contributed by atoms with van der Waals surface area (Å²) in [5.41, 5.74) is 3.68. The molecule has 0 aliphatic carbocycles. The molecule has 1 atom stereocenters. The second-order valence-electron chi connectivity index (χ2n) is 6.55. The zero-order valence-electron chi connectivity index (χ0n) is 12.1. The van der Waals surface area contributed by atoms with Crippen LogP contribution in [0.25, 0.3) is 6.08 Å². The Labute approximate surface area is 116 Å². The van der Waals surface area contributed by atoms with Crippen LogP contribution in [-0.4, -0.2) is 18.3 Å². The van der Waals surface area contributed by atoms with Gasteiger partial charge in [0.25, 0.3) is 0 Å². The lowest BCUT2D eigenvalue weighted by Gasteiger charge is -2.22. The Morgan fingerprint density at radius 2 is 1.95 bits per heavy atom. The van der Waals surface area contributed by atoms with Crippen LogP contribution in [0.4, 0.5) is 0 Å². The van der Waals surface area contributed by atoms with Crippen molar-refractivity contribution in [3.8, 4) is 0 Å². The van der Waals surface area contributed by atoms with Gasteiger partial charge in [-0.3, -0.25) is 0 Å². The van der Waals surface area contributed by atoms with Gasteiger partial charge in [-0.1, -0.05) is 51.1 Å². The minimum Gasteiger partial charge on any atom is -0.388 e. The average molecular weight is 260 g/mol. The summed E-state index contributed by atoms with van der Waals surface area (Å²) in [7, 11) is 0. The third-order valence-electron chi connectivity index (χ3n) is 3.35. The lowest BCUT2D eigenvalue weighted by Crippen LogP contribution is -2.11. The van der Waals surface area contributed by atoms with Crippen molar-refractivity contribution in [3.63, 3.8) is 0 Å². The van der Waals surface area contributed by atoms with Crippen molar-refractivity contribution in [1.82, 2.24) is 0 Å². The highest BCUT2D eigenvalue weighted by atomic mass is 16.5. The summed E-state index contributed by atoms with van der Waals surface area (Å²) in [6, 6.07) is 8.20. The number of hydrogen-bond donors (Lipinski definition) is 1. The van der Waals surface area contributed by atoms with Crippen LogP contribution in [0.15, 0.2) is 29.8 Å². The van der Waals surface area contributed by atoms with Crippen molar-refractivity contribution in [2.45, 2.75) is 39.7 Å². The van der Waals surface area contributed by atoms with Crippen molar-refractivity contribution in [2.75, 3.05) is 13.2 Å². The first-order chi connectivity index (χ1) is 8.94. The first-order valence-electron chi connectivity index (χ1n) is 6.99. The number of hydrogen-bond acceptors (Lipinski definition) is 2. The standard InChI is InChI=1S/C17H24O2/c1-17(2,3)11-16(18)15-6-4-13(5-7-15)10-14-8-9-19-12-14/h4-7,10,16,18H,8-9,11-12H2,1-3H3/b14-10-. The number of rotatable bonds is 3. The summed E-state index contributed by atoms with van der Waals surface area (Å²) in [5.74, 6) is 0. The van der Waals surface area contributed by atoms with Gasteiger partial charge in [0.15, 0.2) is 0 Å². The van der Waals surface area contributed by atoms with Gasteiger partial charge in [-0.05, 0) is 35.0 Å². The van der Waals surface area contributed by atoms with Gasteiger partial charge >= 0.3 is 0 Å². The number of aliphatic hydroxyl groups excluding tert-OH is 1. The van der Waals surface area contributed by atoms with Crippen LogP contribution >= 0.6 is 0 Å². The summed E-state index contributed by atoms with van der Waals surface area (Å²) < 4.78 is 5.34. The second-order valence-corrected chi connectivity index (χ2v) is 6.55. The summed E-state index contributed by atoms with van der Waals surface area (Å²) in [5, 5.41) is 10.2. The molecule has 1 N–H and O–H groups in total. The SMILES string of the molecule is CC(C)(C)CC(O)c1ccc(/C=C2/CCOC2)cc1. The predicted octanol–water partition coefficient (Wildman–Crippen LogP) is 3.96. The third kappa shape index (κ3) is 4.48. The molecule has 0 radical (unpaired) electrons. The molecule has 2 rings (SSSR count). The van der Waals surface area contributed by atoms with Crippen LogP contribution in [0.2, 0.25) is 0 Å². The average Bonchev–Trinajstić information content (AvgIpc) is 2.80. The highest BCUT2D eigenvalue weighted by Gasteiger charge is 2.17. The van der Waals surface area contributed by atoms with Crippen molar-refractivity contribution in [2.24, 2.45) is 5.41 Å². The molecule has 1 aromatic carbocycles. The van der Waals surface area contributed by atoms with Gasteiger partial charge < -0.3 is 9.84 Å². The van der Waals surface area contributed by atoms with Crippen molar-refractivity contribution >= 4 is 6.08 Å². The second kappa shape index (κ2) is 5.89. The van der Waals surface area contributed by atoms with E-state index in [9.17, 15) is 5.11 Å². The van der Waals surface area contributed by atoms with E-state index in [2.05, 4.69) is 39.0 Å². The van der Waals surface area contributed by atoms with E-state index in [1.807, 2.05) is 12.1 Å². The van der Waals surface area contributed by atoms with Gasteiger partial charge in [0.2, 0.25) is 0 Å². The molecule has 2 heteroatoms. The Hall–Kier alpha value is -1.12. The van der Waals surface area contributed by atoms with E-state index in [0.29, 0.717) is 0 Å². The van der Waals surface area contributed by atoms with E-state index in [1.54, 1.807) is 0 Å². The Morgan fingerprint density at radius 3 is 2.47 bits per heavy atom. The zero-order valence-corrected chi connectivity index (χ0v) is 12.1. The Balaban J connectivity index is 2.03. The van der Waals surface area contributed by atoms with Crippen LogP contribution in [0.1, 0.15) is 50.8 Å². The first kappa shape index (κ1) is 14.3. The fourth-order valence-corrected chi connectivity index (χ4v) is 2.34. The molecule has 19 heavy (non-hydrogen) atoms. The summed E-state index contributed by atoms with van der Waals surface area (Å²) >= 11 is 0. The number of benzene rings is 1. The Kier molecular flexibility index (Phi) is 4.43. The molecule has 1 unspecified atom stereocenters. The quantitative estimate of drug-likeness (QED) is 0.891. The van der Waals surface area contributed by atoms with Gasteiger partial charge in [0, 0.05) is 0 Å². The molecular weight excluding hydrogens is 236 g/mol. The van der Waals surface area contributed by atoms with Crippen molar-refractivity contribution in [3.05, 3.63) is 41.0 Å². The van der Waals surface area contributed by atoms with E-state index in [0.717, 1.165) is 31.6 Å². The smallest absolute Gasteiger partial charge is 0.0795 e. The highest BCUT2D eigenvalue weighted by molar-refractivity contribution is 5.54. The molecule has 1 aliphatic rings. The maximum atomic E-state index is 10.2. The molecule has 104 valence electrons. The third-order valence-corrected chi connectivity index (χ3v) is 3.35. The van der Waals surface area contributed by atoms with E-state index >= 15 is 0 Å². The topological polar surface area (TPSA) is 29.5 Å². The first-order valence-corrected chi connectivity index (χ1v) is 6.99. The van der Waals surface area contributed by atoms with Crippen molar-refractivity contribution in [1.29, 1.82) is 0 Å². The molecule has 0 amide bonds. The highest BCUT2D eigenvalue weighted by Crippen LogP contribution is 2.29. The fraction of sp³-hybridized carbons (Fsp3) is 0.529. The molecule has 0 aromatic heterocycles. The van der Waals surface area contributed by atoms with E-state index in [1.165, 1.54) is 11.1 Å². The Morgan fingerprint density at radius 1 is 1.26 bits per heavy atom. The molecule has 1 fully saturated rings. The summed E-state index contributed by atoms with van der Waals surface area (Å²) in [4.78, 5) is 0. The van der Waals surface area contributed by atoms with Gasteiger partial charge in [-0.25, -0.2) is 0 Å². The van der Waals surface area contributed by atoms with E-state index < -0.39 is 0 Å². The molecule has 1 heterocycles. The zero-order chi connectivity index (χ0) is 13.9. The molecule has 1 aliphatic heterocycles. The van der Waals surface area contributed by atoms with E-state index in [4.69, 9.17) is 4.74 Å². The minimum absolute atomic E-state index is 0.140.